The third-order valence-electron chi connectivity index (χ3n) is 4.30. The first-order valence-corrected chi connectivity index (χ1v) is 7.03. The fourth-order valence-corrected chi connectivity index (χ4v) is 3.25. The number of aromatic nitrogens is 1. The molecule has 116 valence electrons. The third kappa shape index (κ3) is 2.48. The molecule has 1 amide bonds. The largest absolute Gasteiger partial charge is 0.409 e. The number of carbonyl (C=O) groups is 1. The van der Waals surface area contributed by atoms with Crippen molar-refractivity contribution in [3.8, 4) is 0 Å². The van der Waals surface area contributed by atoms with E-state index in [1.807, 2.05) is 27.7 Å². The Kier molecular flexibility index (Phi) is 3.93. The van der Waals surface area contributed by atoms with Gasteiger partial charge in [0.1, 0.15) is 11.2 Å². The zero-order valence-electron chi connectivity index (χ0n) is 12.8. The normalized spacial score (nSPS) is 27.0. The molecule has 1 aliphatic carbocycles. The first-order chi connectivity index (χ1) is 9.81. The first kappa shape index (κ1) is 15.3. The lowest BCUT2D eigenvalue weighted by atomic mass is 9.61. The minimum absolute atomic E-state index is 0.0240. The molecule has 1 aromatic heterocycles. The number of oxime groups is 1. The number of nitrogens with zero attached hydrogens (tertiary/aromatic N) is 2. The molecule has 1 atom stereocenters. The highest BCUT2D eigenvalue weighted by molar-refractivity contribution is 6.07. The second-order valence-corrected chi connectivity index (χ2v) is 6.01. The maximum atomic E-state index is 12.6. The monoisotopic (exact) mass is 294 g/mol. The Labute approximate surface area is 123 Å². The molecule has 0 bridgehead atoms. The van der Waals surface area contributed by atoms with Crippen LogP contribution in [-0.2, 0) is 4.79 Å². The summed E-state index contributed by atoms with van der Waals surface area (Å²) in [5.74, 6) is 0.818. The van der Waals surface area contributed by atoms with Gasteiger partial charge in [0.25, 0.3) is 0 Å². The van der Waals surface area contributed by atoms with Crippen molar-refractivity contribution in [3.05, 3.63) is 17.0 Å². The van der Waals surface area contributed by atoms with Gasteiger partial charge in [-0.3, -0.25) is 4.79 Å². The Bertz CT molecular complexity index is 553. The molecule has 0 aliphatic heterocycles. The molecule has 1 aliphatic rings. The Balaban J connectivity index is 2.17. The van der Waals surface area contributed by atoms with Gasteiger partial charge >= 0.3 is 0 Å². The van der Waals surface area contributed by atoms with Gasteiger partial charge in [0.05, 0.1) is 11.7 Å². The van der Waals surface area contributed by atoms with E-state index in [2.05, 4.69) is 15.6 Å². The predicted molar refractivity (Wildman–Crippen MR) is 76.8 cm³/mol. The number of amidine groups is 1. The minimum Gasteiger partial charge on any atom is -0.409 e. The molecule has 0 spiro atoms. The van der Waals surface area contributed by atoms with Crippen molar-refractivity contribution < 1.29 is 14.5 Å². The van der Waals surface area contributed by atoms with E-state index in [0.717, 1.165) is 11.3 Å². The van der Waals surface area contributed by atoms with Gasteiger partial charge in [-0.1, -0.05) is 17.2 Å². The van der Waals surface area contributed by atoms with E-state index in [4.69, 9.17) is 15.5 Å². The summed E-state index contributed by atoms with van der Waals surface area (Å²) in [6.07, 6.45) is 1.17. The van der Waals surface area contributed by atoms with Crippen molar-refractivity contribution in [3.63, 3.8) is 0 Å². The second kappa shape index (κ2) is 5.38. The lowest BCUT2D eigenvalue weighted by Gasteiger charge is -2.44. The summed E-state index contributed by atoms with van der Waals surface area (Å²) in [6.45, 7) is 7.54. The van der Waals surface area contributed by atoms with E-state index < -0.39 is 5.41 Å². The molecule has 2 rings (SSSR count). The van der Waals surface area contributed by atoms with E-state index >= 15 is 0 Å². The molecule has 1 unspecified atom stereocenters. The Morgan fingerprint density at radius 3 is 2.62 bits per heavy atom. The summed E-state index contributed by atoms with van der Waals surface area (Å²) >= 11 is 0. The number of nitrogens with two attached hydrogens (primary N) is 1. The summed E-state index contributed by atoms with van der Waals surface area (Å²) in [7, 11) is 0. The molecule has 7 heteroatoms. The summed E-state index contributed by atoms with van der Waals surface area (Å²) in [5, 5.41) is 18.8. The van der Waals surface area contributed by atoms with Crippen LogP contribution in [0.2, 0.25) is 0 Å². The average Bonchev–Trinajstić information content (AvgIpc) is 2.73. The molecule has 1 heterocycles. The molecule has 0 radical (unpaired) electrons. The fourth-order valence-electron chi connectivity index (χ4n) is 3.25. The summed E-state index contributed by atoms with van der Waals surface area (Å²) < 4.78 is 5.12. The maximum Gasteiger partial charge on any atom is 0.234 e. The van der Waals surface area contributed by atoms with E-state index in [9.17, 15) is 4.79 Å². The molecule has 4 N–H and O–H groups in total. The molecule has 7 nitrogen and oxygen atoms in total. The van der Waals surface area contributed by atoms with Crippen molar-refractivity contribution in [1.29, 1.82) is 0 Å². The zero-order chi connectivity index (χ0) is 15.8. The van der Waals surface area contributed by atoms with E-state index in [1.54, 1.807) is 0 Å². The van der Waals surface area contributed by atoms with Gasteiger partial charge in [-0.05, 0) is 39.5 Å². The van der Waals surface area contributed by atoms with Crippen molar-refractivity contribution in [1.82, 2.24) is 10.5 Å². The van der Waals surface area contributed by atoms with Crippen LogP contribution in [0, 0.1) is 25.2 Å². The summed E-state index contributed by atoms with van der Waals surface area (Å²) in [5.41, 5.74) is 6.45. The number of nitrogens with one attached hydrogen (secondary N) is 1. The van der Waals surface area contributed by atoms with Crippen LogP contribution in [0.3, 0.4) is 0 Å². The maximum absolute atomic E-state index is 12.6. The summed E-state index contributed by atoms with van der Waals surface area (Å²) in [6, 6.07) is -0.247. The van der Waals surface area contributed by atoms with Crippen LogP contribution in [0.1, 0.15) is 49.7 Å². The Morgan fingerprint density at radius 1 is 1.57 bits per heavy atom. The van der Waals surface area contributed by atoms with E-state index in [-0.39, 0.29) is 17.8 Å². The van der Waals surface area contributed by atoms with E-state index in [1.165, 1.54) is 0 Å². The van der Waals surface area contributed by atoms with Gasteiger partial charge in [0.15, 0.2) is 5.84 Å². The number of hydrogen-bond acceptors (Lipinski definition) is 5. The number of carbonyl (C=O) groups excluding carboxylic acids is 1. The van der Waals surface area contributed by atoms with Gasteiger partial charge in [0.2, 0.25) is 5.91 Å². The number of aryl methyl sites for hydroxylation is 2. The SMILES string of the molecule is Cc1noc(C)c1C(C)NC(=O)C1(C(N)=NO)CC(C)C1. The smallest absolute Gasteiger partial charge is 0.234 e. The van der Waals surface area contributed by atoms with Crippen molar-refractivity contribution in [2.75, 3.05) is 0 Å². The molecule has 1 aromatic rings. The molecular formula is C14H22N4O3. The molecule has 0 aromatic carbocycles. The van der Waals surface area contributed by atoms with Crippen LogP contribution in [0.4, 0.5) is 0 Å². The standard InChI is InChI=1S/C14H22N4O3/c1-7-5-14(6-7,12(15)17-20)13(19)16-8(2)11-9(3)18-21-10(11)4/h7-8,20H,5-6H2,1-4H3,(H2,15,17)(H,16,19). The molecule has 21 heavy (non-hydrogen) atoms. The number of amides is 1. The van der Waals surface area contributed by atoms with Gasteiger partial charge in [0, 0.05) is 5.56 Å². The van der Waals surface area contributed by atoms with Crippen LogP contribution >= 0.6 is 0 Å². The van der Waals surface area contributed by atoms with Crippen LogP contribution in [0.25, 0.3) is 0 Å². The third-order valence-corrected chi connectivity index (χ3v) is 4.30. The zero-order valence-corrected chi connectivity index (χ0v) is 12.8. The highest BCUT2D eigenvalue weighted by atomic mass is 16.5. The molecular weight excluding hydrogens is 272 g/mol. The van der Waals surface area contributed by atoms with Crippen molar-refractivity contribution in [2.45, 2.75) is 46.6 Å². The minimum atomic E-state index is -0.901. The lowest BCUT2D eigenvalue weighted by Crippen LogP contribution is -2.57. The molecule has 1 saturated carbocycles. The van der Waals surface area contributed by atoms with Gasteiger partial charge < -0.3 is 20.8 Å². The quantitative estimate of drug-likeness (QED) is 0.338. The highest BCUT2D eigenvalue weighted by Gasteiger charge is 2.52. The van der Waals surface area contributed by atoms with E-state index in [0.29, 0.717) is 24.5 Å². The van der Waals surface area contributed by atoms with Crippen molar-refractivity contribution in [2.24, 2.45) is 22.2 Å². The highest BCUT2D eigenvalue weighted by Crippen LogP contribution is 2.46. The topological polar surface area (TPSA) is 114 Å². The molecule has 1 fully saturated rings. The fraction of sp³-hybridized carbons (Fsp3) is 0.643. The Hall–Kier alpha value is -2.05. The molecule has 0 saturated heterocycles. The predicted octanol–water partition coefficient (Wildman–Crippen LogP) is 1.63. The van der Waals surface area contributed by atoms with Crippen LogP contribution in [0.15, 0.2) is 9.68 Å². The lowest BCUT2D eigenvalue weighted by molar-refractivity contribution is -0.133. The van der Waals surface area contributed by atoms with Crippen LogP contribution in [0.5, 0.6) is 0 Å². The Morgan fingerprint density at radius 2 is 2.19 bits per heavy atom. The second-order valence-electron chi connectivity index (χ2n) is 6.01. The van der Waals surface area contributed by atoms with Crippen LogP contribution < -0.4 is 11.1 Å². The summed E-state index contributed by atoms with van der Waals surface area (Å²) in [4.78, 5) is 12.6. The van der Waals surface area contributed by atoms with Crippen LogP contribution in [-0.4, -0.2) is 22.1 Å². The average molecular weight is 294 g/mol. The van der Waals surface area contributed by atoms with Gasteiger partial charge in [-0.2, -0.15) is 0 Å². The van der Waals surface area contributed by atoms with Crippen molar-refractivity contribution >= 4 is 11.7 Å². The van der Waals surface area contributed by atoms with Gasteiger partial charge in [-0.15, -0.1) is 0 Å². The number of rotatable bonds is 4. The first-order valence-electron chi connectivity index (χ1n) is 7.03. The number of hydrogen-bond donors (Lipinski definition) is 3. The van der Waals surface area contributed by atoms with Gasteiger partial charge in [-0.25, -0.2) is 0 Å².